The first kappa shape index (κ1) is 22.4. The number of nitrogens with zero attached hydrogens (tertiary/aromatic N) is 4. The van der Waals surface area contributed by atoms with Crippen molar-refractivity contribution in [2.45, 2.75) is 6.42 Å². The molecule has 0 bridgehead atoms. The van der Waals surface area contributed by atoms with Gasteiger partial charge in [0.15, 0.2) is 0 Å². The van der Waals surface area contributed by atoms with Crippen molar-refractivity contribution < 1.29 is 9.18 Å². The average Bonchev–Trinajstić information content (AvgIpc) is 3.34. The van der Waals surface area contributed by atoms with Crippen molar-refractivity contribution in [2.75, 3.05) is 44.2 Å². The minimum atomic E-state index is -0.234. The van der Waals surface area contributed by atoms with Crippen LogP contribution < -0.4 is 10.2 Å². The summed E-state index contributed by atoms with van der Waals surface area (Å²) in [6.07, 6.45) is 0.605. The zero-order chi connectivity index (χ0) is 23.3. The molecule has 1 fully saturated rings. The Kier molecular flexibility index (Phi) is 6.78. The summed E-state index contributed by atoms with van der Waals surface area (Å²) in [6.45, 7) is 5.02. The summed E-state index contributed by atoms with van der Waals surface area (Å²) in [6, 6.07) is 20.3. The van der Waals surface area contributed by atoms with Gasteiger partial charge in [0.1, 0.15) is 11.6 Å². The van der Waals surface area contributed by atoms with Gasteiger partial charge in [-0.15, -0.1) is 0 Å². The van der Waals surface area contributed by atoms with Gasteiger partial charge in [0.05, 0.1) is 0 Å². The highest BCUT2D eigenvalue weighted by Gasteiger charge is 2.20. The molecule has 1 aliphatic rings. The first-order chi connectivity index (χ1) is 16.6. The van der Waals surface area contributed by atoms with Gasteiger partial charge in [0.2, 0.25) is 5.13 Å². The largest absolute Gasteiger partial charge is 0.351 e. The van der Waals surface area contributed by atoms with Crippen LogP contribution in [0, 0.1) is 5.82 Å². The summed E-state index contributed by atoms with van der Waals surface area (Å²) < 4.78 is 17.6. The third-order valence-electron chi connectivity index (χ3n) is 6.10. The van der Waals surface area contributed by atoms with E-state index < -0.39 is 0 Å². The van der Waals surface area contributed by atoms with E-state index >= 15 is 0 Å². The second-order valence-electron chi connectivity index (χ2n) is 8.44. The van der Waals surface area contributed by atoms with Gasteiger partial charge < -0.3 is 10.2 Å². The number of fused-ring (bicyclic) bond motifs is 1. The molecular weight excluding hydrogens is 449 g/mol. The van der Waals surface area contributed by atoms with E-state index in [9.17, 15) is 9.18 Å². The van der Waals surface area contributed by atoms with Crippen LogP contribution in [0.4, 0.5) is 9.52 Å². The molecule has 5 rings (SSSR count). The van der Waals surface area contributed by atoms with Crippen LogP contribution in [0.15, 0.2) is 66.7 Å². The fraction of sp³-hybridized carbons (Fsp3) is 0.269. The molecule has 1 aromatic heterocycles. The fourth-order valence-corrected chi connectivity index (χ4v) is 4.89. The number of nitrogens with one attached hydrogen (secondary N) is 1. The fourth-order valence-electron chi connectivity index (χ4n) is 4.15. The molecule has 174 valence electrons. The molecule has 0 unspecified atom stereocenters. The second kappa shape index (κ2) is 10.3. The van der Waals surface area contributed by atoms with Crippen LogP contribution in [0.2, 0.25) is 0 Å². The lowest BCUT2D eigenvalue weighted by Gasteiger charge is -2.34. The van der Waals surface area contributed by atoms with Gasteiger partial charge in [-0.1, -0.05) is 42.5 Å². The molecule has 2 heterocycles. The van der Waals surface area contributed by atoms with Crippen molar-refractivity contribution >= 4 is 33.3 Å². The van der Waals surface area contributed by atoms with Gasteiger partial charge in [-0.3, -0.25) is 9.69 Å². The van der Waals surface area contributed by atoms with Gasteiger partial charge in [-0.05, 0) is 40.6 Å². The van der Waals surface area contributed by atoms with E-state index in [1.54, 1.807) is 12.1 Å². The summed E-state index contributed by atoms with van der Waals surface area (Å²) in [5.41, 5.74) is 1.69. The molecular formula is C26H26FN5OS. The Morgan fingerprint density at radius 3 is 2.53 bits per heavy atom. The van der Waals surface area contributed by atoms with E-state index in [2.05, 4.69) is 24.5 Å². The molecule has 0 spiro atoms. The van der Waals surface area contributed by atoms with Crippen molar-refractivity contribution in [3.8, 4) is 0 Å². The van der Waals surface area contributed by atoms with E-state index in [1.807, 2.05) is 42.5 Å². The SMILES string of the molecule is O=C(NCCN1CCN(c2nc(Cc3ccc(F)cc3)ns2)CC1)c1ccc2ccccc2c1. The lowest BCUT2D eigenvalue weighted by atomic mass is 10.1. The molecule has 1 amide bonds. The highest BCUT2D eigenvalue weighted by molar-refractivity contribution is 7.09. The first-order valence-corrected chi connectivity index (χ1v) is 12.2. The minimum Gasteiger partial charge on any atom is -0.351 e. The summed E-state index contributed by atoms with van der Waals surface area (Å²) in [4.78, 5) is 21.8. The van der Waals surface area contributed by atoms with Crippen molar-refractivity contribution in [1.82, 2.24) is 19.6 Å². The van der Waals surface area contributed by atoms with Crippen LogP contribution in [0.1, 0.15) is 21.7 Å². The topological polar surface area (TPSA) is 61.4 Å². The summed E-state index contributed by atoms with van der Waals surface area (Å²) >= 11 is 1.41. The van der Waals surface area contributed by atoms with E-state index in [4.69, 9.17) is 0 Å². The molecule has 3 aromatic carbocycles. The lowest BCUT2D eigenvalue weighted by Crippen LogP contribution is -2.48. The Bertz CT molecular complexity index is 1270. The number of piperazine rings is 1. The van der Waals surface area contributed by atoms with E-state index in [-0.39, 0.29) is 11.7 Å². The number of hydrogen-bond donors (Lipinski definition) is 1. The van der Waals surface area contributed by atoms with Crippen molar-refractivity contribution in [1.29, 1.82) is 0 Å². The van der Waals surface area contributed by atoms with E-state index in [1.165, 1.54) is 23.7 Å². The molecule has 1 N–H and O–H groups in total. The molecule has 0 aliphatic carbocycles. The van der Waals surface area contributed by atoms with Gasteiger partial charge in [0.25, 0.3) is 5.91 Å². The predicted molar refractivity (Wildman–Crippen MR) is 134 cm³/mol. The molecule has 34 heavy (non-hydrogen) atoms. The highest BCUT2D eigenvalue weighted by Crippen LogP contribution is 2.21. The molecule has 0 atom stereocenters. The number of aromatic nitrogens is 2. The Labute approximate surface area is 202 Å². The zero-order valence-electron chi connectivity index (χ0n) is 18.8. The highest BCUT2D eigenvalue weighted by atomic mass is 32.1. The number of benzene rings is 3. The maximum absolute atomic E-state index is 13.1. The van der Waals surface area contributed by atoms with Crippen LogP contribution in [0.25, 0.3) is 10.8 Å². The monoisotopic (exact) mass is 475 g/mol. The summed E-state index contributed by atoms with van der Waals surface area (Å²) in [7, 11) is 0. The van der Waals surface area contributed by atoms with Crippen LogP contribution >= 0.6 is 11.5 Å². The molecule has 1 saturated heterocycles. The van der Waals surface area contributed by atoms with Crippen LogP contribution in [-0.2, 0) is 6.42 Å². The van der Waals surface area contributed by atoms with Crippen LogP contribution in [0.5, 0.6) is 0 Å². The number of carbonyl (C=O) groups excluding carboxylic acids is 1. The molecule has 4 aromatic rings. The van der Waals surface area contributed by atoms with E-state index in [0.717, 1.165) is 60.0 Å². The van der Waals surface area contributed by atoms with E-state index in [0.29, 0.717) is 18.5 Å². The third kappa shape index (κ3) is 5.40. The van der Waals surface area contributed by atoms with Crippen LogP contribution in [0.3, 0.4) is 0 Å². The zero-order valence-corrected chi connectivity index (χ0v) is 19.6. The smallest absolute Gasteiger partial charge is 0.251 e. The number of rotatable bonds is 7. The van der Waals surface area contributed by atoms with Gasteiger partial charge >= 0.3 is 0 Å². The lowest BCUT2D eigenvalue weighted by molar-refractivity contribution is 0.0948. The maximum Gasteiger partial charge on any atom is 0.251 e. The summed E-state index contributed by atoms with van der Waals surface area (Å²) in [5, 5.41) is 6.18. The summed E-state index contributed by atoms with van der Waals surface area (Å²) in [5.74, 6) is 0.499. The number of anilines is 1. The van der Waals surface area contributed by atoms with Gasteiger partial charge in [-0.25, -0.2) is 9.37 Å². The number of amides is 1. The Balaban J connectivity index is 1.07. The Hall–Kier alpha value is -3.36. The first-order valence-electron chi connectivity index (χ1n) is 11.5. The van der Waals surface area contributed by atoms with Crippen LogP contribution in [-0.4, -0.2) is 59.4 Å². The molecule has 0 saturated carbocycles. The maximum atomic E-state index is 13.1. The standard InChI is InChI=1S/C26H26FN5OS/c27-23-9-5-19(6-10-23)17-24-29-26(34-30-24)32-15-13-31(14-16-32)12-11-28-25(33)22-8-7-20-3-1-2-4-21(20)18-22/h1-10,18H,11-17H2,(H,28,33). The quantitative estimate of drug-likeness (QED) is 0.438. The molecule has 8 heteroatoms. The Morgan fingerprint density at radius 1 is 0.971 bits per heavy atom. The minimum absolute atomic E-state index is 0.0352. The van der Waals surface area contributed by atoms with Crippen molar-refractivity contribution in [3.63, 3.8) is 0 Å². The van der Waals surface area contributed by atoms with Crippen molar-refractivity contribution in [3.05, 3.63) is 89.5 Å². The van der Waals surface area contributed by atoms with Gasteiger partial charge in [-0.2, -0.15) is 4.37 Å². The predicted octanol–water partition coefficient (Wildman–Crippen LogP) is 3.97. The third-order valence-corrected chi connectivity index (χ3v) is 6.92. The molecule has 0 radical (unpaired) electrons. The second-order valence-corrected chi connectivity index (χ2v) is 9.17. The molecule has 6 nitrogen and oxygen atoms in total. The number of carbonyl (C=O) groups is 1. The average molecular weight is 476 g/mol. The molecule has 1 aliphatic heterocycles. The normalized spacial score (nSPS) is 14.4. The number of halogens is 1. The Morgan fingerprint density at radius 2 is 1.74 bits per heavy atom. The van der Waals surface area contributed by atoms with Crippen molar-refractivity contribution in [2.24, 2.45) is 0 Å². The van der Waals surface area contributed by atoms with Gasteiger partial charge in [0, 0.05) is 62.8 Å². The number of hydrogen-bond acceptors (Lipinski definition) is 6.